The molecular formula is C11H15N3. The van der Waals surface area contributed by atoms with Crippen LogP contribution < -0.4 is 10.9 Å². The number of aromatic nitrogens is 1. The molecule has 2 aliphatic rings. The first-order chi connectivity index (χ1) is 6.95. The number of hydrogen-bond acceptors (Lipinski definition) is 3. The summed E-state index contributed by atoms with van der Waals surface area (Å²) in [5.41, 5.74) is 8.08. The zero-order valence-corrected chi connectivity index (χ0v) is 8.11. The molecule has 0 radical (unpaired) electrons. The summed E-state index contributed by atoms with van der Waals surface area (Å²) in [5.74, 6) is 1.52. The Morgan fingerprint density at radius 1 is 1.21 bits per heavy atom. The molecular weight excluding hydrogens is 174 g/mol. The van der Waals surface area contributed by atoms with E-state index in [4.69, 9.17) is 0 Å². The molecule has 2 N–H and O–H groups in total. The van der Waals surface area contributed by atoms with Gasteiger partial charge in [-0.15, -0.1) is 0 Å². The lowest BCUT2D eigenvalue weighted by atomic mass is 9.91. The van der Waals surface area contributed by atoms with Crippen LogP contribution in [0.1, 0.15) is 24.3 Å². The van der Waals surface area contributed by atoms with Gasteiger partial charge in [-0.25, -0.2) is 0 Å². The molecule has 74 valence electrons. The highest BCUT2D eigenvalue weighted by molar-refractivity contribution is 5.21. The topological polar surface area (TPSA) is 37.0 Å². The van der Waals surface area contributed by atoms with Crippen molar-refractivity contribution in [3.8, 4) is 0 Å². The van der Waals surface area contributed by atoms with Gasteiger partial charge in [-0.3, -0.25) is 15.8 Å². The molecule has 1 saturated heterocycles. The Bertz CT molecular complexity index is 308. The number of nitrogens with one attached hydrogen (secondary N) is 2. The number of hydrazine groups is 1. The van der Waals surface area contributed by atoms with Crippen LogP contribution in [0, 0.1) is 5.92 Å². The molecule has 2 heterocycles. The fraction of sp³-hybridized carbons (Fsp3) is 0.545. The average Bonchev–Trinajstić information content (AvgIpc) is 2.98. The van der Waals surface area contributed by atoms with Crippen LogP contribution in [0.15, 0.2) is 24.5 Å². The van der Waals surface area contributed by atoms with Crippen molar-refractivity contribution in [2.45, 2.75) is 24.8 Å². The summed E-state index contributed by atoms with van der Waals surface area (Å²) in [6.45, 7) is 1.05. The van der Waals surface area contributed by atoms with Crippen LogP contribution in [-0.4, -0.2) is 17.6 Å². The molecule has 2 fully saturated rings. The van der Waals surface area contributed by atoms with Gasteiger partial charge in [-0.1, -0.05) is 0 Å². The second-order valence-electron chi connectivity index (χ2n) is 4.28. The molecule has 1 saturated carbocycles. The maximum atomic E-state index is 4.06. The highest BCUT2D eigenvalue weighted by Gasteiger charge is 2.39. The molecule has 2 unspecified atom stereocenters. The Hall–Kier alpha value is -0.930. The Labute approximate surface area is 83.9 Å². The van der Waals surface area contributed by atoms with Crippen molar-refractivity contribution >= 4 is 0 Å². The lowest BCUT2D eigenvalue weighted by molar-refractivity contribution is 0.474. The fourth-order valence-electron chi connectivity index (χ4n) is 2.35. The number of nitrogens with zero attached hydrogens (tertiary/aromatic N) is 1. The van der Waals surface area contributed by atoms with Crippen LogP contribution >= 0.6 is 0 Å². The molecule has 2 atom stereocenters. The van der Waals surface area contributed by atoms with Gasteiger partial charge in [-0.2, -0.15) is 0 Å². The number of rotatable bonds is 2. The molecule has 3 heteroatoms. The SMILES string of the molecule is c1cc(C2CNNC2C2CC2)ccn1. The Morgan fingerprint density at radius 3 is 2.71 bits per heavy atom. The largest absolute Gasteiger partial charge is 0.265 e. The summed E-state index contributed by atoms with van der Waals surface area (Å²) >= 11 is 0. The summed E-state index contributed by atoms with van der Waals surface area (Å²) in [6.07, 6.45) is 6.55. The first-order valence-corrected chi connectivity index (χ1v) is 5.33. The second-order valence-corrected chi connectivity index (χ2v) is 4.28. The van der Waals surface area contributed by atoms with Gasteiger partial charge >= 0.3 is 0 Å². The van der Waals surface area contributed by atoms with Gasteiger partial charge in [0, 0.05) is 30.9 Å². The van der Waals surface area contributed by atoms with Crippen LogP contribution in [0.25, 0.3) is 0 Å². The van der Waals surface area contributed by atoms with Crippen LogP contribution in [-0.2, 0) is 0 Å². The maximum Gasteiger partial charge on any atom is 0.0322 e. The monoisotopic (exact) mass is 189 g/mol. The van der Waals surface area contributed by atoms with Crippen LogP contribution in [0.5, 0.6) is 0 Å². The van der Waals surface area contributed by atoms with Crippen LogP contribution in [0.4, 0.5) is 0 Å². The number of pyridine rings is 1. The molecule has 0 aromatic carbocycles. The first-order valence-electron chi connectivity index (χ1n) is 5.33. The van der Waals surface area contributed by atoms with E-state index >= 15 is 0 Å². The van der Waals surface area contributed by atoms with Crippen molar-refractivity contribution in [2.24, 2.45) is 5.92 Å². The molecule has 1 aromatic rings. The van der Waals surface area contributed by atoms with E-state index in [0.717, 1.165) is 12.5 Å². The smallest absolute Gasteiger partial charge is 0.0322 e. The second kappa shape index (κ2) is 3.33. The molecule has 3 nitrogen and oxygen atoms in total. The van der Waals surface area contributed by atoms with Gasteiger partial charge in [0.15, 0.2) is 0 Å². The summed E-state index contributed by atoms with van der Waals surface area (Å²) in [7, 11) is 0. The van der Waals surface area contributed by atoms with Crippen molar-refractivity contribution in [1.82, 2.24) is 15.8 Å². The van der Waals surface area contributed by atoms with E-state index in [2.05, 4.69) is 28.0 Å². The Balaban J connectivity index is 1.83. The number of hydrogen-bond donors (Lipinski definition) is 2. The normalized spacial score (nSPS) is 32.0. The minimum atomic E-state index is 0.630. The van der Waals surface area contributed by atoms with Crippen molar-refractivity contribution in [3.05, 3.63) is 30.1 Å². The van der Waals surface area contributed by atoms with Gasteiger partial charge < -0.3 is 0 Å². The summed E-state index contributed by atoms with van der Waals surface area (Å²) in [4.78, 5) is 4.06. The molecule has 14 heavy (non-hydrogen) atoms. The third-order valence-electron chi connectivity index (χ3n) is 3.29. The van der Waals surface area contributed by atoms with Gasteiger partial charge in [0.1, 0.15) is 0 Å². The van der Waals surface area contributed by atoms with E-state index in [0.29, 0.717) is 12.0 Å². The summed E-state index contributed by atoms with van der Waals surface area (Å²) in [5, 5.41) is 0. The fourth-order valence-corrected chi connectivity index (χ4v) is 2.35. The maximum absolute atomic E-state index is 4.06. The summed E-state index contributed by atoms with van der Waals surface area (Å²) < 4.78 is 0. The van der Waals surface area contributed by atoms with Gasteiger partial charge in [0.25, 0.3) is 0 Å². The van der Waals surface area contributed by atoms with E-state index in [1.807, 2.05) is 12.4 Å². The van der Waals surface area contributed by atoms with E-state index in [1.165, 1.54) is 18.4 Å². The zero-order chi connectivity index (χ0) is 9.38. The Kier molecular flexibility index (Phi) is 2.00. The minimum Gasteiger partial charge on any atom is -0.265 e. The zero-order valence-electron chi connectivity index (χ0n) is 8.11. The highest BCUT2D eigenvalue weighted by Crippen LogP contribution is 2.39. The predicted octanol–water partition coefficient (Wildman–Crippen LogP) is 1.05. The molecule has 1 aromatic heterocycles. The molecule has 0 amide bonds. The summed E-state index contributed by atoms with van der Waals surface area (Å²) in [6, 6.07) is 4.90. The van der Waals surface area contributed by atoms with Crippen molar-refractivity contribution < 1.29 is 0 Å². The van der Waals surface area contributed by atoms with E-state index < -0.39 is 0 Å². The van der Waals surface area contributed by atoms with Crippen molar-refractivity contribution in [2.75, 3.05) is 6.54 Å². The van der Waals surface area contributed by atoms with Crippen LogP contribution in [0.2, 0.25) is 0 Å². The first kappa shape index (κ1) is 8.38. The molecule has 1 aliphatic heterocycles. The molecule has 1 aliphatic carbocycles. The standard InChI is InChI=1S/C11H15N3/c1-2-9(1)11-10(7-13-14-11)8-3-5-12-6-4-8/h3-6,9-11,13-14H,1-2,7H2. The average molecular weight is 189 g/mol. The quantitative estimate of drug-likeness (QED) is 0.730. The Morgan fingerprint density at radius 2 is 2.00 bits per heavy atom. The highest BCUT2D eigenvalue weighted by atomic mass is 15.4. The van der Waals surface area contributed by atoms with Crippen molar-refractivity contribution in [1.29, 1.82) is 0 Å². The predicted molar refractivity (Wildman–Crippen MR) is 54.6 cm³/mol. The van der Waals surface area contributed by atoms with E-state index in [1.54, 1.807) is 0 Å². The van der Waals surface area contributed by atoms with Gasteiger partial charge in [0.05, 0.1) is 0 Å². The third kappa shape index (κ3) is 1.42. The van der Waals surface area contributed by atoms with Gasteiger partial charge in [-0.05, 0) is 36.5 Å². The molecule has 0 spiro atoms. The van der Waals surface area contributed by atoms with Gasteiger partial charge in [0.2, 0.25) is 0 Å². The lowest BCUT2D eigenvalue weighted by Gasteiger charge is -2.17. The van der Waals surface area contributed by atoms with E-state index in [-0.39, 0.29) is 0 Å². The third-order valence-corrected chi connectivity index (χ3v) is 3.29. The molecule has 3 rings (SSSR count). The van der Waals surface area contributed by atoms with Crippen molar-refractivity contribution in [3.63, 3.8) is 0 Å². The molecule has 0 bridgehead atoms. The van der Waals surface area contributed by atoms with Crippen LogP contribution in [0.3, 0.4) is 0 Å². The van der Waals surface area contributed by atoms with E-state index in [9.17, 15) is 0 Å². The minimum absolute atomic E-state index is 0.630. The lowest BCUT2D eigenvalue weighted by Crippen LogP contribution is -2.32.